The van der Waals surface area contributed by atoms with Gasteiger partial charge in [0.1, 0.15) is 0 Å². The number of esters is 1. The molecule has 0 unspecified atom stereocenters. The van der Waals surface area contributed by atoms with Crippen LogP contribution >= 0.6 is 0 Å². The Bertz CT molecular complexity index is 1030. The minimum Gasteiger partial charge on any atom is -0.465 e. The third kappa shape index (κ3) is 2.90. The molecule has 0 radical (unpaired) electrons. The molecular formula is C19H16O4S. The highest BCUT2D eigenvalue weighted by molar-refractivity contribution is 7.90. The van der Waals surface area contributed by atoms with Crippen molar-refractivity contribution in [1.29, 1.82) is 0 Å². The van der Waals surface area contributed by atoms with E-state index in [0.29, 0.717) is 5.56 Å². The highest BCUT2D eigenvalue weighted by Gasteiger charge is 2.19. The largest absolute Gasteiger partial charge is 0.465 e. The molecule has 24 heavy (non-hydrogen) atoms. The van der Waals surface area contributed by atoms with E-state index in [4.69, 9.17) is 0 Å². The summed E-state index contributed by atoms with van der Waals surface area (Å²) in [7, 11) is -2.26. The number of methoxy groups -OCH3 is 1. The Morgan fingerprint density at radius 3 is 2.33 bits per heavy atom. The fourth-order valence-corrected chi connectivity index (χ4v) is 3.68. The second-order valence-corrected chi connectivity index (χ2v) is 7.49. The summed E-state index contributed by atoms with van der Waals surface area (Å²) in [4.78, 5) is 11.8. The number of benzene rings is 3. The number of carbonyl (C=O) groups excluding carboxylic acids is 1. The maximum absolute atomic E-state index is 12.3. The third-order valence-electron chi connectivity index (χ3n) is 3.88. The Morgan fingerprint density at radius 1 is 0.917 bits per heavy atom. The summed E-state index contributed by atoms with van der Waals surface area (Å²) < 4.78 is 29.2. The Balaban J connectivity index is 2.33. The molecule has 4 nitrogen and oxygen atoms in total. The smallest absolute Gasteiger partial charge is 0.337 e. The van der Waals surface area contributed by atoms with Crippen LogP contribution in [0.15, 0.2) is 65.6 Å². The average molecular weight is 340 g/mol. The van der Waals surface area contributed by atoms with Crippen molar-refractivity contribution in [2.24, 2.45) is 0 Å². The first-order valence-electron chi connectivity index (χ1n) is 7.32. The highest BCUT2D eigenvalue weighted by Crippen LogP contribution is 2.33. The molecule has 0 amide bonds. The van der Waals surface area contributed by atoms with Crippen molar-refractivity contribution in [3.05, 3.63) is 66.2 Å². The molecule has 0 saturated heterocycles. The van der Waals surface area contributed by atoms with Crippen LogP contribution in [-0.2, 0) is 14.6 Å². The van der Waals surface area contributed by atoms with Crippen LogP contribution < -0.4 is 0 Å². The van der Waals surface area contributed by atoms with Gasteiger partial charge < -0.3 is 4.74 Å². The molecule has 0 saturated carbocycles. The summed E-state index contributed by atoms with van der Waals surface area (Å²) in [5, 5.41) is 1.97. The van der Waals surface area contributed by atoms with E-state index in [0.717, 1.165) is 22.6 Å². The van der Waals surface area contributed by atoms with Gasteiger partial charge in [0.05, 0.1) is 17.6 Å². The number of fused-ring (bicyclic) bond motifs is 1. The molecule has 0 spiro atoms. The van der Waals surface area contributed by atoms with Crippen molar-refractivity contribution in [1.82, 2.24) is 0 Å². The van der Waals surface area contributed by atoms with E-state index in [1.165, 1.54) is 13.2 Å². The van der Waals surface area contributed by atoms with E-state index in [-0.39, 0.29) is 10.5 Å². The SMILES string of the molecule is COC(=O)c1ccc(-c2cccc3ccccc23)c(S(C)(=O)=O)c1. The van der Waals surface area contributed by atoms with Gasteiger partial charge in [-0.1, -0.05) is 48.5 Å². The third-order valence-corrected chi connectivity index (χ3v) is 5.02. The Kier molecular flexibility index (Phi) is 4.11. The van der Waals surface area contributed by atoms with Crippen molar-refractivity contribution >= 4 is 26.6 Å². The molecular weight excluding hydrogens is 324 g/mol. The first-order chi connectivity index (χ1) is 11.4. The Morgan fingerprint density at radius 2 is 1.62 bits per heavy atom. The summed E-state index contributed by atoms with van der Waals surface area (Å²) in [6.07, 6.45) is 1.14. The van der Waals surface area contributed by atoms with E-state index < -0.39 is 15.8 Å². The first kappa shape index (κ1) is 16.2. The van der Waals surface area contributed by atoms with Gasteiger partial charge in [0.15, 0.2) is 9.84 Å². The molecule has 3 aromatic carbocycles. The van der Waals surface area contributed by atoms with E-state index in [1.54, 1.807) is 12.1 Å². The van der Waals surface area contributed by atoms with Gasteiger partial charge in [-0.05, 0) is 28.5 Å². The zero-order valence-corrected chi connectivity index (χ0v) is 14.1. The van der Waals surface area contributed by atoms with E-state index in [2.05, 4.69) is 4.74 Å². The minimum atomic E-state index is -3.52. The normalized spacial score (nSPS) is 11.4. The summed E-state index contributed by atoms with van der Waals surface area (Å²) in [5.74, 6) is -0.565. The van der Waals surface area contributed by atoms with Crippen LogP contribution in [0.25, 0.3) is 21.9 Å². The van der Waals surface area contributed by atoms with Crippen molar-refractivity contribution in [2.45, 2.75) is 4.90 Å². The Labute approximate surface area is 140 Å². The van der Waals surface area contributed by atoms with Crippen LogP contribution in [0.5, 0.6) is 0 Å². The zero-order chi connectivity index (χ0) is 17.3. The van der Waals surface area contributed by atoms with Crippen molar-refractivity contribution in [2.75, 3.05) is 13.4 Å². The van der Waals surface area contributed by atoms with E-state index in [9.17, 15) is 13.2 Å². The fraction of sp³-hybridized carbons (Fsp3) is 0.105. The van der Waals surface area contributed by atoms with Crippen molar-refractivity contribution in [3.8, 4) is 11.1 Å². The van der Waals surface area contributed by atoms with Crippen molar-refractivity contribution in [3.63, 3.8) is 0 Å². The first-order valence-corrected chi connectivity index (χ1v) is 9.21. The highest BCUT2D eigenvalue weighted by atomic mass is 32.2. The maximum atomic E-state index is 12.3. The standard InChI is InChI=1S/C19H16O4S/c1-23-19(20)14-10-11-17(18(12-14)24(2,21)22)16-9-5-7-13-6-3-4-8-15(13)16/h3-12H,1-2H3. The average Bonchev–Trinajstić information content (AvgIpc) is 2.59. The minimum absolute atomic E-state index is 0.113. The summed E-state index contributed by atoms with van der Waals surface area (Å²) in [5.41, 5.74) is 1.59. The lowest BCUT2D eigenvalue weighted by molar-refractivity contribution is 0.0600. The predicted octanol–water partition coefficient (Wildman–Crippen LogP) is 3.70. The zero-order valence-electron chi connectivity index (χ0n) is 13.3. The van der Waals surface area contributed by atoms with Gasteiger partial charge in [-0.2, -0.15) is 0 Å². The predicted molar refractivity (Wildman–Crippen MR) is 93.8 cm³/mol. The maximum Gasteiger partial charge on any atom is 0.337 e. The van der Waals surface area contributed by atoms with E-state index >= 15 is 0 Å². The number of hydrogen-bond acceptors (Lipinski definition) is 4. The van der Waals surface area contributed by atoms with Crippen LogP contribution in [-0.4, -0.2) is 27.8 Å². The molecule has 0 fully saturated rings. The van der Waals surface area contributed by atoms with Gasteiger partial charge in [0, 0.05) is 11.8 Å². The molecule has 0 heterocycles. The molecule has 0 N–H and O–H groups in total. The second kappa shape index (κ2) is 6.09. The second-order valence-electron chi connectivity index (χ2n) is 5.50. The van der Waals surface area contributed by atoms with Gasteiger partial charge in [-0.25, -0.2) is 13.2 Å². The summed E-state index contributed by atoms with van der Waals surface area (Å²) in [6.45, 7) is 0. The molecule has 0 aliphatic carbocycles. The Hall–Kier alpha value is -2.66. The molecule has 3 rings (SSSR count). The molecule has 3 aromatic rings. The fourth-order valence-electron chi connectivity index (χ4n) is 2.76. The van der Waals surface area contributed by atoms with Gasteiger partial charge >= 0.3 is 5.97 Å². The lowest BCUT2D eigenvalue weighted by Gasteiger charge is -2.12. The quantitative estimate of drug-likeness (QED) is 0.682. The van der Waals surface area contributed by atoms with Gasteiger partial charge in [0.25, 0.3) is 0 Å². The summed E-state index contributed by atoms with van der Waals surface area (Å²) in [6, 6.07) is 18.1. The van der Waals surface area contributed by atoms with Gasteiger partial charge in [-0.3, -0.25) is 0 Å². The molecule has 0 aliphatic rings. The number of ether oxygens (including phenoxy) is 1. The number of sulfone groups is 1. The lowest BCUT2D eigenvalue weighted by atomic mass is 9.97. The topological polar surface area (TPSA) is 60.4 Å². The van der Waals surface area contributed by atoms with Crippen LogP contribution in [0.2, 0.25) is 0 Å². The number of carbonyl (C=O) groups is 1. The van der Waals surface area contributed by atoms with E-state index in [1.807, 2.05) is 42.5 Å². The molecule has 5 heteroatoms. The summed E-state index contributed by atoms with van der Waals surface area (Å²) >= 11 is 0. The monoisotopic (exact) mass is 340 g/mol. The molecule has 122 valence electrons. The number of hydrogen-bond donors (Lipinski definition) is 0. The molecule has 0 bridgehead atoms. The number of rotatable bonds is 3. The molecule has 0 aliphatic heterocycles. The van der Waals surface area contributed by atoms with Crippen LogP contribution in [0.4, 0.5) is 0 Å². The van der Waals surface area contributed by atoms with Gasteiger partial charge in [0.2, 0.25) is 0 Å². The molecule has 0 atom stereocenters. The van der Waals surface area contributed by atoms with Crippen LogP contribution in [0.1, 0.15) is 10.4 Å². The molecule has 0 aromatic heterocycles. The van der Waals surface area contributed by atoms with Crippen molar-refractivity contribution < 1.29 is 17.9 Å². The van der Waals surface area contributed by atoms with Crippen LogP contribution in [0.3, 0.4) is 0 Å². The van der Waals surface area contributed by atoms with Gasteiger partial charge in [-0.15, -0.1) is 0 Å². The lowest BCUT2D eigenvalue weighted by Crippen LogP contribution is -2.06. The van der Waals surface area contributed by atoms with Crippen LogP contribution in [0, 0.1) is 0 Å².